The maximum atomic E-state index is 11.7. The first-order valence-electron chi connectivity index (χ1n) is 5.75. The van der Waals surface area contributed by atoms with Gasteiger partial charge in [0.25, 0.3) is 11.8 Å². The molecule has 3 rings (SSSR count). The van der Waals surface area contributed by atoms with Gasteiger partial charge in [-0.1, -0.05) is 11.3 Å². The molecule has 0 fully saturated rings. The van der Waals surface area contributed by atoms with Crippen molar-refractivity contribution in [1.82, 2.24) is 10.2 Å². The highest BCUT2D eigenvalue weighted by molar-refractivity contribution is 7.19. The fourth-order valence-corrected chi connectivity index (χ4v) is 2.09. The number of aromatic nitrogens is 2. The van der Waals surface area contributed by atoms with Gasteiger partial charge in [-0.05, 0) is 24.3 Å². The summed E-state index contributed by atoms with van der Waals surface area (Å²) in [5.74, 6) is -0.571. The fourth-order valence-electron chi connectivity index (χ4n) is 1.46. The second kappa shape index (κ2) is 5.59. The summed E-state index contributed by atoms with van der Waals surface area (Å²) in [5.41, 5.74) is 0. The Morgan fingerprint density at radius 3 is 1.76 bits per heavy atom. The zero-order valence-electron chi connectivity index (χ0n) is 10.4. The molecule has 21 heavy (non-hydrogen) atoms. The third-order valence-electron chi connectivity index (χ3n) is 2.36. The standard InChI is InChI=1S/C12H8N4O4S/c17-9(7-3-1-5-19-7)13-11-15-16-12(21-11)14-10(18)8-4-2-6-20-8/h1-6H,(H,13,15,17)(H,14,16,18). The Kier molecular flexibility index (Phi) is 3.48. The van der Waals surface area contributed by atoms with Gasteiger partial charge in [0, 0.05) is 0 Å². The fraction of sp³-hybridized carbons (Fsp3) is 0. The van der Waals surface area contributed by atoms with Crippen LogP contribution >= 0.6 is 11.3 Å². The first-order chi connectivity index (χ1) is 10.2. The number of nitrogens with zero attached hydrogens (tertiary/aromatic N) is 2. The molecule has 0 unspecified atom stereocenters. The van der Waals surface area contributed by atoms with Gasteiger partial charge in [0.1, 0.15) is 0 Å². The molecule has 0 aliphatic carbocycles. The van der Waals surface area contributed by atoms with E-state index in [0.717, 1.165) is 11.3 Å². The second-order valence-electron chi connectivity index (χ2n) is 3.78. The zero-order chi connectivity index (χ0) is 14.7. The molecule has 2 N–H and O–H groups in total. The molecule has 3 heterocycles. The quantitative estimate of drug-likeness (QED) is 0.764. The normalized spacial score (nSPS) is 10.3. The van der Waals surface area contributed by atoms with Crippen molar-refractivity contribution in [1.29, 1.82) is 0 Å². The van der Waals surface area contributed by atoms with Crippen molar-refractivity contribution in [3.8, 4) is 0 Å². The SMILES string of the molecule is O=C(Nc1nnc(NC(=O)c2ccco2)s1)c1ccco1. The molecular formula is C12H8N4O4S. The van der Waals surface area contributed by atoms with Crippen LogP contribution in [0.5, 0.6) is 0 Å². The summed E-state index contributed by atoms with van der Waals surface area (Å²) in [5, 5.41) is 13.0. The lowest BCUT2D eigenvalue weighted by atomic mass is 10.4. The van der Waals surface area contributed by atoms with E-state index in [-0.39, 0.29) is 21.8 Å². The first kappa shape index (κ1) is 13.1. The molecule has 106 valence electrons. The number of amides is 2. The molecule has 0 aromatic carbocycles. The van der Waals surface area contributed by atoms with Gasteiger partial charge in [-0.2, -0.15) is 0 Å². The molecule has 0 atom stereocenters. The summed E-state index contributed by atoms with van der Waals surface area (Å²) in [6, 6.07) is 6.25. The topological polar surface area (TPSA) is 110 Å². The minimum atomic E-state index is -0.444. The number of anilines is 2. The molecule has 0 aliphatic rings. The minimum absolute atomic E-state index is 0.159. The van der Waals surface area contributed by atoms with Crippen molar-refractivity contribution in [3.63, 3.8) is 0 Å². The van der Waals surface area contributed by atoms with Gasteiger partial charge in [-0.15, -0.1) is 10.2 Å². The molecular weight excluding hydrogens is 296 g/mol. The maximum absolute atomic E-state index is 11.7. The van der Waals surface area contributed by atoms with Gasteiger partial charge in [0.2, 0.25) is 10.3 Å². The van der Waals surface area contributed by atoms with Crippen molar-refractivity contribution in [2.45, 2.75) is 0 Å². The van der Waals surface area contributed by atoms with Gasteiger partial charge < -0.3 is 8.83 Å². The Morgan fingerprint density at radius 2 is 1.38 bits per heavy atom. The van der Waals surface area contributed by atoms with Gasteiger partial charge in [0.05, 0.1) is 12.5 Å². The van der Waals surface area contributed by atoms with E-state index in [9.17, 15) is 9.59 Å². The highest BCUT2D eigenvalue weighted by Gasteiger charge is 2.15. The molecule has 2 amide bonds. The van der Waals surface area contributed by atoms with Gasteiger partial charge >= 0.3 is 0 Å². The molecule has 0 saturated heterocycles. The Balaban J connectivity index is 1.64. The smallest absolute Gasteiger partial charge is 0.293 e. The van der Waals surface area contributed by atoms with Crippen LogP contribution < -0.4 is 10.6 Å². The number of hydrogen-bond acceptors (Lipinski definition) is 7. The van der Waals surface area contributed by atoms with Gasteiger partial charge in [-0.3, -0.25) is 20.2 Å². The number of rotatable bonds is 4. The Morgan fingerprint density at radius 1 is 0.905 bits per heavy atom. The lowest BCUT2D eigenvalue weighted by molar-refractivity contribution is 0.0989. The van der Waals surface area contributed by atoms with Crippen molar-refractivity contribution in [2.24, 2.45) is 0 Å². The van der Waals surface area contributed by atoms with Crippen molar-refractivity contribution in [2.75, 3.05) is 10.6 Å². The number of furan rings is 2. The van der Waals surface area contributed by atoms with E-state index in [2.05, 4.69) is 20.8 Å². The molecule has 3 aromatic heterocycles. The Bertz CT molecular complexity index is 685. The van der Waals surface area contributed by atoms with Crippen molar-refractivity contribution in [3.05, 3.63) is 48.3 Å². The lowest BCUT2D eigenvalue weighted by Gasteiger charge is -1.97. The Labute approximate surface area is 121 Å². The highest BCUT2D eigenvalue weighted by Crippen LogP contribution is 2.21. The largest absolute Gasteiger partial charge is 0.459 e. The van der Waals surface area contributed by atoms with E-state index in [1.54, 1.807) is 12.1 Å². The Hall–Kier alpha value is -2.94. The van der Waals surface area contributed by atoms with Gasteiger partial charge in [0.15, 0.2) is 11.5 Å². The van der Waals surface area contributed by atoms with E-state index in [1.165, 1.54) is 24.7 Å². The first-order valence-corrected chi connectivity index (χ1v) is 6.57. The van der Waals surface area contributed by atoms with E-state index >= 15 is 0 Å². The summed E-state index contributed by atoms with van der Waals surface area (Å²) in [4.78, 5) is 23.5. The molecule has 0 aliphatic heterocycles. The maximum Gasteiger partial charge on any atom is 0.293 e. The number of hydrogen-bond donors (Lipinski definition) is 2. The van der Waals surface area contributed by atoms with Gasteiger partial charge in [-0.25, -0.2) is 0 Å². The van der Waals surface area contributed by atoms with E-state index in [1.807, 2.05) is 0 Å². The predicted octanol–water partition coefficient (Wildman–Crippen LogP) is 2.23. The summed E-state index contributed by atoms with van der Waals surface area (Å²) >= 11 is 1.01. The van der Waals surface area contributed by atoms with E-state index < -0.39 is 11.8 Å². The summed E-state index contributed by atoms with van der Waals surface area (Å²) in [6.07, 6.45) is 2.79. The molecule has 0 saturated carbocycles. The average Bonchev–Trinajstić information content (AvgIpc) is 3.22. The van der Waals surface area contributed by atoms with Crippen LogP contribution in [0.2, 0.25) is 0 Å². The molecule has 0 spiro atoms. The molecule has 0 radical (unpaired) electrons. The van der Waals surface area contributed by atoms with Crippen LogP contribution in [0.4, 0.5) is 10.3 Å². The summed E-state index contributed by atoms with van der Waals surface area (Å²) < 4.78 is 9.90. The second-order valence-corrected chi connectivity index (χ2v) is 4.75. The van der Waals surface area contributed by atoms with Crippen LogP contribution in [-0.4, -0.2) is 22.0 Å². The van der Waals surface area contributed by atoms with Crippen LogP contribution in [0.15, 0.2) is 45.6 Å². The molecule has 0 bridgehead atoms. The number of carbonyl (C=O) groups excluding carboxylic acids is 2. The van der Waals surface area contributed by atoms with Crippen LogP contribution in [0.25, 0.3) is 0 Å². The molecule has 9 heteroatoms. The minimum Gasteiger partial charge on any atom is -0.459 e. The third-order valence-corrected chi connectivity index (χ3v) is 3.11. The summed E-state index contributed by atoms with van der Waals surface area (Å²) in [7, 11) is 0. The van der Waals surface area contributed by atoms with Crippen LogP contribution in [0.1, 0.15) is 21.1 Å². The van der Waals surface area contributed by atoms with Crippen LogP contribution in [-0.2, 0) is 0 Å². The predicted molar refractivity (Wildman–Crippen MR) is 73.2 cm³/mol. The highest BCUT2D eigenvalue weighted by atomic mass is 32.1. The number of carbonyl (C=O) groups is 2. The van der Waals surface area contributed by atoms with Crippen LogP contribution in [0.3, 0.4) is 0 Å². The third kappa shape index (κ3) is 2.98. The van der Waals surface area contributed by atoms with Crippen molar-refractivity contribution >= 4 is 33.4 Å². The van der Waals surface area contributed by atoms with Crippen molar-refractivity contribution < 1.29 is 18.4 Å². The zero-order valence-corrected chi connectivity index (χ0v) is 11.2. The molecule has 8 nitrogen and oxygen atoms in total. The van der Waals surface area contributed by atoms with E-state index in [0.29, 0.717) is 0 Å². The number of nitrogens with one attached hydrogen (secondary N) is 2. The summed E-state index contributed by atoms with van der Waals surface area (Å²) in [6.45, 7) is 0. The average molecular weight is 304 g/mol. The monoisotopic (exact) mass is 304 g/mol. The lowest BCUT2D eigenvalue weighted by Crippen LogP contribution is -2.10. The van der Waals surface area contributed by atoms with Crippen LogP contribution in [0, 0.1) is 0 Å². The van der Waals surface area contributed by atoms with E-state index in [4.69, 9.17) is 8.83 Å². The molecule has 3 aromatic rings.